The smallest absolute Gasteiger partial charge is 0.229 e. The molecule has 0 aromatic carbocycles. The van der Waals surface area contributed by atoms with Gasteiger partial charge in [0.25, 0.3) is 0 Å². The van der Waals surface area contributed by atoms with Gasteiger partial charge in [-0.15, -0.1) is 0 Å². The first-order valence-corrected chi connectivity index (χ1v) is 7.86. The second-order valence-corrected chi connectivity index (χ2v) is 5.91. The maximum atomic E-state index is 12.6. The minimum atomic E-state index is 0.0298. The Balaban J connectivity index is 1.90. The zero-order valence-electron chi connectivity index (χ0n) is 12.4. The second kappa shape index (κ2) is 7.25. The van der Waals surface area contributed by atoms with Crippen molar-refractivity contribution in [1.82, 2.24) is 10.2 Å². The largest absolute Gasteiger partial charge is 0.379 e. The number of hydrogen-bond acceptors (Lipinski definition) is 3. The van der Waals surface area contributed by atoms with Gasteiger partial charge in [0.05, 0.1) is 19.1 Å². The predicted octanol–water partition coefficient (Wildman–Crippen LogP) is 1.65. The molecule has 2 rings (SSSR count). The Morgan fingerprint density at radius 1 is 1.37 bits per heavy atom. The van der Waals surface area contributed by atoms with Crippen LogP contribution in [0.25, 0.3) is 0 Å². The summed E-state index contributed by atoms with van der Waals surface area (Å²) in [4.78, 5) is 14.7. The minimum absolute atomic E-state index is 0.0298. The van der Waals surface area contributed by atoms with Gasteiger partial charge in [-0.3, -0.25) is 4.79 Å². The summed E-state index contributed by atoms with van der Waals surface area (Å²) < 4.78 is 5.52. The van der Waals surface area contributed by atoms with Crippen LogP contribution in [-0.2, 0) is 9.53 Å². The molecule has 4 nitrogen and oxygen atoms in total. The Labute approximate surface area is 116 Å². The molecule has 110 valence electrons. The average molecular weight is 268 g/mol. The monoisotopic (exact) mass is 268 g/mol. The molecule has 4 heteroatoms. The number of amides is 1. The molecule has 0 bridgehead atoms. The van der Waals surface area contributed by atoms with Gasteiger partial charge in [-0.25, -0.2) is 0 Å². The Morgan fingerprint density at radius 3 is 2.95 bits per heavy atom. The molecule has 3 unspecified atom stereocenters. The van der Waals surface area contributed by atoms with E-state index in [1.165, 1.54) is 12.8 Å². The van der Waals surface area contributed by atoms with Gasteiger partial charge in [-0.05, 0) is 31.7 Å². The Kier molecular flexibility index (Phi) is 5.64. The molecule has 0 aromatic heterocycles. The van der Waals surface area contributed by atoms with Crippen LogP contribution < -0.4 is 5.32 Å². The Hall–Kier alpha value is -0.610. The van der Waals surface area contributed by atoms with Crippen LogP contribution in [0.15, 0.2) is 0 Å². The van der Waals surface area contributed by atoms with Crippen molar-refractivity contribution in [3.63, 3.8) is 0 Å². The lowest BCUT2D eigenvalue weighted by molar-refractivity contribution is -0.137. The van der Waals surface area contributed by atoms with E-state index < -0.39 is 0 Å². The van der Waals surface area contributed by atoms with Gasteiger partial charge in [-0.2, -0.15) is 0 Å². The molecule has 0 spiro atoms. The first kappa shape index (κ1) is 14.8. The molecular formula is C15H28N2O2. The normalized spacial score (nSPS) is 31.7. The molecule has 0 aliphatic carbocycles. The molecule has 19 heavy (non-hydrogen) atoms. The summed E-state index contributed by atoms with van der Waals surface area (Å²) in [6.07, 6.45) is 4.71. The molecule has 1 amide bonds. The summed E-state index contributed by atoms with van der Waals surface area (Å²) in [7, 11) is 0. The second-order valence-electron chi connectivity index (χ2n) is 5.91. The van der Waals surface area contributed by atoms with Crippen molar-refractivity contribution in [2.75, 3.05) is 32.8 Å². The number of likely N-dealkylation sites (tertiary alicyclic amines) is 1. The van der Waals surface area contributed by atoms with E-state index in [1.54, 1.807) is 0 Å². The highest BCUT2D eigenvalue weighted by atomic mass is 16.5. The van der Waals surface area contributed by atoms with Crippen LogP contribution in [0.1, 0.15) is 39.5 Å². The molecule has 2 heterocycles. The van der Waals surface area contributed by atoms with Gasteiger partial charge in [-0.1, -0.05) is 20.3 Å². The number of hydrogen-bond donors (Lipinski definition) is 1. The van der Waals surface area contributed by atoms with Crippen molar-refractivity contribution >= 4 is 5.91 Å². The minimum Gasteiger partial charge on any atom is -0.379 e. The van der Waals surface area contributed by atoms with Gasteiger partial charge < -0.3 is 15.0 Å². The zero-order chi connectivity index (χ0) is 13.7. The van der Waals surface area contributed by atoms with Crippen LogP contribution in [-0.4, -0.2) is 49.7 Å². The molecule has 3 atom stereocenters. The van der Waals surface area contributed by atoms with Crippen molar-refractivity contribution in [2.24, 2.45) is 11.8 Å². The third-order valence-corrected chi connectivity index (χ3v) is 4.46. The summed E-state index contributed by atoms with van der Waals surface area (Å²) in [6.45, 7) is 8.50. The van der Waals surface area contributed by atoms with E-state index >= 15 is 0 Å². The van der Waals surface area contributed by atoms with E-state index in [2.05, 4.69) is 24.1 Å². The summed E-state index contributed by atoms with van der Waals surface area (Å²) in [5.41, 5.74) is 0. The highest BCUT2D eigenvalue weighted by Crippen LogP contribution is 2.23. The topological polar surface area (TPSA) is 41.6 Å². The van der Waals surface area contributed by atoms with Crippen LogP contribution in [0.5, 0.6) is 0 Å². The van der Waals surface area contributed by atoms with Crippen molar-refractivity contribution in [3.8, 4) is 0 Å². The van der Waals surface area contributed by atoms with Gasteiger partial charge in [0.1, 0.15) is 0 Å². The molecule has 2 aliphatic heterocycles. The summed E-state index contributed by atoms with van der Waals surface area (Å²) in [6, 6.07) is 0.217. The SMILES string of the molecule is CCCNC1COCC1C(=O)N1CCCC(CC)C1. The molecule has 0 radical (unpaired) electrons. The van der Waals surface area contributed by atoms with Crippen LogP contribution in [0.3, 0.4) is 0 Å². The fraction of sp³-hybridized carbons (Fsp3) is 0.933. The van der Waals surface area contributed by atoms with Crippen molar-refractivity contribution in [1.29, 1.82) is 0 Å². The third-order valence-electron chi connectivity index (χ3n) is 4.46. The summed E-state index contributed by atoms with van der Waals surface area (Å²) in [5.74, 6) is 1.04. The van der Waals surface area contributed by atoms with Gasteiger partial charge in [0, 0.05) is 19.1 Å². The first-order valence-electron chi connectivity index (χ1n) is 7.86. The number of piperidine rings is 1. The number of nitrogens with one attached hydrogen (secondary N) is 1. The number of ether oxygens (including phenoxy) is 1. The van der Waals surface area contributed by atoms with E-state index in [-0.39, 0.29) is 12.0 Å². The van der Waals surface area contributed by atoms with Crippen molar-refractivity contribution < 1.29 is 9.53 Å². The lowest BCUT2D eigenvalue weighted by Crippen LogP contribution is -2.48. The lowest BCUT2D eigenvalue weighted by Gasteiger charge is -2.34. The molecule has 0 aromatic rings. The molecule has 2 saturated heterocycles. The third kappa shape index (κ3) is 3.69. The molecule has 0 saturated carbocycles. The van der Waals surface area contributed by atoms with E-state index in [1.807, 2.05) is 0 Å². The van der Waals surface area contributed by atoms with Crippen LogP contribution >= 0.6 is 0 Å². The molecule has 1 N–H and O–H groups in total. The number of rotatable bonds is 5. The summed E-state index contributed by atoms with van der Waals surface area (Å²) in [5, 5.41) is 3.45. The lowest BCUT2D eigenvalue weighted by atomic mass is 9.93. The molecule has 2 aliphatic rings. The maximum absolute atomic E-state index is 12.6. The van der Waals surface area contributed by atoms with Crippen LogP contribution in [0.4, 0.5) is 0 Å². The standard InChI is InChI=1S/C15H28N2O2/c1-3-7-16-14-11-19-10-13(14)15(18)17-8-5-6-12(4-2)9-17/h12-14,16H,3-11H2,1-2H3. The quantitative estimate of drug-likeness (QED) is 0.824. The van der Waals surface area contributed by atoms with E-state index in [4.69, 9.17) is 4.74 Å². The highest BCUT2D eigenvalue weighted by Gasteiger charge is 2.37. The van der Waals surface area contributed by atoms with Crippen LogP contribution in [0, 0.1) is 11.8 Å². The number of nitrogens with zero attached hydrogens (tertiary/aromatic N) is 1. The number of carbonyl (C=O) groups excluding carboxylic acids is 1. The van der Waals surface area contributed by atoms with E-state index in [0.29, 0.717) is 25.0 Å². The van der Waals surface area contributed by atoms with E-state index in [9.17, 15) is 4.79 Å². The van der Waals surface area contributed by atoms with E-state index in [0.717, 1.165) is 32.5 Å². The fourth-order valence-corrected chi connectivity index (χ4v) is 3.16. The molecule has 2 fully saturated rings. The fourth-order valence-electron chi connectivity index (χ4n) is 3.16. The maximum Gasteiger partial charge on any atom is 0.229 e. The highest BCUT2D eigenvalue weighted by molar-refractivity contribution is 5.80. The summed E-state index contributed by atoms with van der Waals surface area (Å²) >= 11 is 0. The van der Waals surface area contributed by atoms with Gasteiger partial charge >= 0.3 is 0 Å². The Bertz CT molecular complexity index is 296. The Morgan fingerprint density at radius 2 is 2.21 bits per heavy atom. The van der Waals surface area contributed by atoms with Gasteiger partial charge in [0.15, 0.2) is 0 Å². The molecular weight excluding hydrogens is 240 g/mol. The van der Waals surface area contributed by atoms with Crippen LogP contribution in [0.2, 0.25) is 0 Å². The average Bonchev–Trinajstić information content (AvgIpc) is 2.92. The zero-order valence-corrected chi connectivity index (χ0v) is 12.4. The van der Waals surface area contributed by atoms with Gasteiger partial charge in [0.2, 0.25) is 5.91 Å². The van der Waals surface area contributed by atoms with Crippen molar-refractivity contribution in [2.45, 2.75) is 45.6 Å². The number of carbonyl (C=O) groups is 1. The first-order chi connectivity index (χ1) is 9.26. The van der Waals surface area contributed by atoms with Crippen molar-refractivity contribution in [3.05, 3.63) is 0 Å². The predicted molar refractivity (Wildman–Crippen MR) is 76.0 cm³/mol.